The normalized spacial score (nSPS) is 15.9. The monoisotopic (exact) mass is 253 g/mol. The lowest BCUT2D eigenvalue weighted by atomic mass is 9.80. The van der Waals surface area contributed by atoms with Crippen molar-refractivity contribution in [2.45, 2.75) is 45.4 Å². The van der Waals surface area contributed by atoms with E-state index in [1.54, 1.807) is 16.7 Å². The molecule has 2 rings (SSSR count). The van der Waals surface area contributed by atoms with Crippen LogP contribution < -0.4 is 5.32 Å². The van der Waals surface area contributed by atoms with Gasteiger partial charge in [-0.2, -0.15) is 0 Å². The Morgan fingerprint density at radius 1 is 1.00 bits per heavy atom. The van der Waals surface area contributed by atoms with Gasteiger partial charge >= 0.3 is 0 Å². The van der Waals surface area contributed by atoms with E-state index in [0.29, 0.717) is 11.8 Å². The van der Waals surface area contributed by atoms with E-state index in [0.717, 1.165) is 19.0 Å². The third-order valence-corrected chi connectivity index (χ3v) is 3.61. The number of hydrogen-bond acceptors (Lipinski definition) is 1. The molecular weight excluding hydrogens is 230 g/mol. The van der Waals surface area contributed by atoms with Crippen molar-refractivity contribution in [3.63, 3.8) is 0 Å². The zero-order valence-electron chi connectivity index (χ0n) is 11.3. The Bertz CT molecular complexity index is 341. The van der Waals surface area contributed by atoms with Gasteiger partial charge in [0, 0.05) is 19.0 Å². The molecule has 1 aromatic rings. The third kappa shape index (κ3) is 2.83. The van der Waals surface area contributed by atoms with Gasteiger partial charge in [-0.05, 0) is 28.5 Å². The van der Waals surface area contributed by atoms with Gasteiger partial charge in [0.2, 0.25) is 0 Å². The molecule has 0 bridgehead atoms. The zero-order chi connectivity index (χ0) is 11.7. The molecule has 0 saturated carbocycles. The molecule has 0 amide bonds. The second kappa shape index (κ2) is 5.88. The highest BCUT2D eigenvalue weighted by Gasteiger charge is 2.25. The Balaban J connectivity index is 0.00000144. The van der Waals surface area contributed by atoms with Crippen molar-refractivity contribution in [2.24, 2.45) is 0 Å². The Labute approximate surface area is 111 Å². The van der Waals surface area contributed by atoms with Crippen molar-refractivity contribution in [1.82, 2.24) is 5.32 Å². The van der Waals surface area contributed by atoms with Crippen LogP contribution in [0.4, 0.5) is 0 Å². The molecule has 1 nitrogen and oxygen atoms in total. The van der Waals surface area contributed by atoms with Crippen LogP contribution in [-0.2, 0) is 0 Å². The molecular formula is C15H24ClN. The lowest BCUT2D eigenvalue weighted by Crippen LogP contribution is -2.41. The standard InChI is InChI=1S/C15H23N.ClH/c1-10(2)13-6-5-7-14(11(3)4)15(13)12-8-16-9-12;/h5-7,10-12,16H,8-9H2,1-4H3;1H. The highest BCUT2D eigenvalue weighted by Crippen LogP contribution is 2.34. The first kappa shape index (κ1) is 14.5. The molecule has 2 heteroatoms. The summed E-state index contributed by atoms with van der Waals surface area (Å²) in [5.74, 6) is 2.01. The van der Waals surface area contributed by atoms with Crippen LogP contribution in [0.15, 0.2) is 18.2 Å². The fourth-order valence-corrected chi connectivity index (χ4v) is 2.57. The molecule has 1 fully saturated rings. The van der Waals surface area contributed by atoms with Crippen LogP contribution in [0.3, 0.4) is 0 Å². The van der Waals surface area contributed by atoms with Crippen LogP contribution in [0.2, 0.25) is 0 Å². The van der Waals surface area contributed by atoms with E-state index in [1.165, 1.54) is 0 Å². The average Bonchev–Trinajstić information content (AvgIpc) is 2.14. The first-order valence-corrected chi connectivity index (χ1v) is 6.44. The van der Waals surface area contributed by atoms with E-state index in [1.807, 2.05) is 0 Å². The van der Waals surface area contributed by atoms with E-state index >= 15 is 0 Å². The van der Waals surface area contributed by atoms with Crippen LogP contribution in [-0.4, -0.2) is 13.1 Å². The molecule has 1 N–H and O–H groups in total. The van der Waals surface area contributed by atoms with E-state index in [-0.39, 0.29) is 12.4 Å². The molecule has 0 unspecified atom stereocenters. The van der Waals surface area contributed by atoms with Crippen LogP contribution >= 0.6 is 12.4 Å². The summed E-state index contributed by atoms with van der Waals surface area (Å²) in [7, 11) is 0. The fraction of sp³-hybridized carbons (Fsp3) is 0.600. The van der Waals surface area contributed by atoms with Gasteiger partial charge < -0.3 is 5.32 Å². The van der Waals surface area contributed by atoms with Gasteiger partial charge in [0.15, 0.2) is 0 Å². The first-order chi connectivity index (χ1) is 7.61. The summed E-state index contributed by atoms with van der Waals surface area (Å²) in [6, 6.07) is 6.84. The molecule has 0 aliphatic carbocycles. The SMILES string of the molecule is CC(C)c1cccc(C(C)C)c1C1CNC1.Cl. The summed E-state index contributed by atoms with van der Waals surface area (Å²) < 4.78 is 0. The van der Waals surface area contributed by atoms with Gasteiger partial charge in [0.1, 0.15) is 0 Å². The molecule has 1 aliphatic heterocycles. The molecule has 1 saturated heterocycles. The summed E-state index contributed by atoms with van der Waals surface area (Å²) in [5, 5.41) is 3.39. The molecule has 0 radical (unpaired) electrons. The van der Waals surface area contributed by atoms with Crippen molar-refractivity contribution in [3.05, 3.63) is 34.9 Å². The molecule has 0 spiro atoms. The number of hydrogen-bond donors (Lipinski definition) is 1. The third-order valence-electron chi connectivity index (χ3n) is 3.61. The van der Waals surface area contributed by atoms with Gasteiger partial charge in [-0.25, -0.2) is 0 Å². The van der Waals surface area contributed by atoms with Crippen molar-refractivity contribution in [3.8, 4) is 0 Å². The lowest BCUT2D eigenvalue weighted by molar-refractivity contribution is 0.440. The van der Waals surface area contributed by atoms with Crippen molar-refractivity contribution in [1.29, 1.82) is 0 Å². The van der Waals surface area contributed by atoms with Gasteiger partial charge in [-0.3, -0.25) is 0 Å². The fourth-order valence-electron chi connectivity index (χ4n) is 2.57. The van der Waals surface area contributed by atoms with Crippen LogP contribution in [0, 0.1) is 0 Å². The second-order valence-electron chi connectivity index (χ2n) is 5.51. The highest BCUT2D eigenvalue weighted by molar-refractivity contribution is 5.85. The van der Waals surface area contributed by atoms with E-state index in [9.17, 15) is 0 Å². The van der Waals surface area contributed by atoms with Gasteiger partial charge in [-0.15, -0.1) is 12.4 Å². The molecule has 0 aromatic heterocycles. The van der Waals surface area contributed by atoms with E-state index in [4.69, 9.17) is 0 Å². The lowest BCUT2D eigenvalue weighted by Gasteiger charge is -2.33. The zero-order valence-corrected chi connectivity index (χ0v) is 12.1. The Morgan fingerprint density at radius 3 is 1.76 bits per heavy atom. The Morgan fingerprint density at radius 2 is 1.47 bits per heavy atom. The number of benzene rings is 1. The Hall–Kier alpha value is -0.530. The van der Waals surface area contributed by atoms with Crippen molar-refractivity contribution < 1.29 is 0 Å². The maximum absolute atomic E-state index is 3.39. The number of halogens is 1. The minimum atomic E-state index is 0. The average molecular weight is 254 g/mol. The number of rotatable bonds is 3. The van der Waals surface area contributed by atoms with Crippen molar-refractivity contribution >= 4 is 12.4 Å². The van der Waals surface area contributed by atoms with E-state index in [2.05, 4.69) is 51.2 Å². The molecule has 1 aliphatic rings. The Kier molecular flexibility index (Phi) is 5.03. The van der Waals surface area contributed by atoms with Crippen LogP contribution in [0.25, 0.3) is 0 Å². The smallest absolute Gasteiger partial charge is 0.00942 e. The second-order valence-corrected chi connectivity index (χ2v) is 5.51. The minimum Gasteiger partial charge on any atom is -0.315 e. The first-order valence-electron chi connectivity index (χ1n) is 6.44. The maximum atomic E-state index is 3.39. The highest BCUT2D eigenvalue weighted by atomic mass is 35.5. The topological polar surface area (TPSA) is 12.0 Å². The van der Waals surface area contributed by atoms with Gasteiger partial charge in [0.25, 0.3) is 0 Å². The molecule has 17 heavy (non-hydrogen) atoms. The predicted octanol–water partition coefficient (Wildman–Crippen LogP) is 4.04. The molecule has 1 heterocycles. The van der Waals surface area contributed by atoms with Gasteiger partial charge in [0.05, 0.1) is 0 Å². The van der Waals surface area contributed by atoms with Crippen LogP contribution in [0.1, 0.15) is 62.1 Å². The van der Waals surface area contributed by atoms with Crippen molar-refractivity contribution in [2.75, 3.05) is 13.1 Å². The minimum absolute atomic E-state index is 0. The largest absolute Gasteiger partial charge is 0.315 e. The molecule has 1 aromatic carbocycles. The summed E-state index contributed by atoms with van der Waals surface area (Å²) in [4.78, 5) is 0. The summed E-state index contributed by atoms with van der Waals surface area (Å²) in [6.07, 6.45) is 0. The summed E-state index contributed by atoms with van der Waals surface area (Å²) >= 11 is 0. The van der Waals surface area contributed by atoms with Gasteiger partial charge in [-0.1, -0.05) is 45.9 Å². The quantitative estimate of drug-likeness (QED) is 0.857. The molecule has 96 valence electrons. The van der Waals surface area contributed by atoms with E-state index < -0.39 is 0 Å². The summed E-state index contributed by atoms with van der Waals surface area (Å²) in [6.45, 7) is 11.5. The number of nitrogens with one attached hydrogen (secondary N) is 1. The summed E-state index contributed by atoms with van der Waals surface area (Å²) in [5.41, 5.74) is 4.74. The predicted molar refractivity (Wildman–Crippen MR) is 77.5 cm³/mol. The van der Waals surface area contributed by atoms with Crippen LogP contribution in [0.5, 0.6) is 0 Å². The maximum Gasteiger partial charge on any atom is 0.00942 e. The molecule has 0 atom stereocenters.